The van der Waals surface area contributed by atoms with Crippen LogP contribution in [0.1, 0.15) is 17.5 Å². The largest absolute Gasteiger partial charge is 0.494 e. The Balaban J connectivity index is 1.32. The minimum Gasteiger partial charge on any atom is -0.494 e. The van der Waals surface area contributed by atoms with Gasteiger partial charge >= 0.3 is 0 Å². The fraction of sp³-hybridized carbons (Fsp3) is 0.304. The van der Waals surface area contributed by atoms with Crippen molar-refractivity contribution in [3.05, 3.63) is 47.2 Å². The van der Waals surface area contributed by atoms with Gasteiger partial charge in [-0.05, 0) is 31.2 Å². The monoisotopic (exact) mass is 471 g/mol. The molecule has 1 aliphatic heterocycles. The van der Waals surface area contributed by atoms with Crippen LogP contribution in [0.25, 0.3) is 21.2 Å². The van der Waals surface area contributed by atoms with Crippen LogP contribution < -0.4 is 14.4 Å². The number of benzene rings is 2. The van der Waals surface area contributed by atoms with Crippen LogP contribution >= 0.6 is 22.9 Å². The van der Waals surface area contributed by atoms with Gasteiger partial charge in [-0.3, -0.25) is 4.79 Å². The summed E-state index contributed by atoms with van der Waals surface area (Å²) in [5.74, 6) is 1.57. The first-order chi connectivity index (χ1) is 15.6. The molecule has 0 saturated carbocycles. The predicted molar refractivity (Wildman–Crippen MR) is 127 cm³/mol. The number of furan rings is 1. The number of hydrogen-bond donors (Lipinski definition) is 0. The van der Waals surface area contributed by atoms with Crippen molar-refractivity contribution in [3.63, 3.8) is 0 Å². The van der Waals surface area contributed by atoms with Crippen LogP contribution in [0, 0.1) is 0 Å². The fourth-order valence-electron chi connectivity index (χ4n) is 3.91. The summed E-state index contributed by atoms with van der Waals surface area (Å²) in [6.45, 7) is 4.96. The van der Waals surface area contributed by atoms with Gasteiger partial charge in [-0.2, -0.15) is 0 Å². The number of anilines is 1. The van der Waals surface area contributed by atoms with Gasteiger partial charge in [-0.15, -0.1) is 0 Å². The van der Waals surface area contributed by atoms with Crippen LogP contribution in [0.15, 0.2) is 40.8 Å². The average molecular weight is 472 g/mol. The fourth-order valence-corrected chi connectivity index (χ4v) is 5.22. The third-order valence-corrected chi connectivity index (χ3v) is 7.10. The quantitative estimate of drug-likeness (QED) is 0.405. The molecule has 4 aromatic rings. The first-order valence-electron chi connectivity index (χ1n) is 10.4. The van der Waals surface area contributed by atoms with Crippen molar-refractivity contribution in [3.8, 4) is 11.5 Å². The van der Waals surface area contributed by atoms with E-state index < -0.39 is 0 Å². The molecule has 9 heteroatoms. The number of aromatic nitrogens is 1. The number of para-hydroxylation sites is 1. The molecule has 0 atom stereocenters. The van der Waals surface area contributed by atoms with E-state index in [0.29, 0.717) is 60.7 Å². The molecule has 0 N–H and O–H groups in total. The lowest BCUT2D eigenvalue weighted by molar-refractivity contribution is 0.0717. The van der Waals surface area contributed by atoms with E-state index in [9.17, 15) is 4.79 Å². The van der Waals surface area contributed by atoms with Crippen LogP contribution in [-0.4, -0.2) is 55.7 Å². The number of methoxy groups -OCH3 is 1. The topological polar surface area (TPSA) is 68.0 Å². The number of ether oxygens (including phenoxy) is 2. The van der Waals surface area contributed by atoms with Crippen LogP contribution in [0.2, 0.25) is 5.02 Å². The summed E-state index contributed by atoms with van der Waals surface area (Å²) in [5, 5.41) is 2.40. The van der Waals surface area contributed by atoms with Crippen molar-refractivity contribution in [2.75, 3.05) is 44.8 Å². The third kappa shape index (κ3) is 3.63. The molecule has 2 aromatic heterocycles. The Morgan fingerprint density at radius 2 is 2.00 bits per heavy atom. The number of carbonyl (C=O) groups is 1. The molecule has 3 heterocycles. The molecule has 5 rings (SSSR count). The lowest BCUT2D eigenvalue weighted by Crippen LogP contribution is -2.48. The number of piperazine rings is 1. The summed E-state index contributed by atoms with van der Waals surface area (Å²) in [7, 11) is 1.63. The van der Waals surface area contributed by atoms with Gasteiger partial charge in [0.1, 0.15) is 11.3 Å². The Hall–Kier alpha value is -2.97. The first-order valence-corrected chi connectivity index (χ1v) is 11.6. The van der Waals surface area contributed by atoms with Crippen LogP contribution in [0.5, 0.6) is 11.5 Å². The number of fused-ring (bicyclic) bond motifs is 2. The van der Waals surface area contributed by atoms with Crippen molar-refractivity contribution in [2.45, 2.75) is 6.92 Å². The molecule has 0 unspecified atom stereocenters. The Morgan fingerprint density at radius 1 is 1.19 bits per heavy atom. The van der Waals surface area contributed by atoms with Crippen molar-refractivity contribution < 1.29 is 18.7 Å². The molecule has 166 valence electrons. The zero-order valence-corrected chi connectivity index (χ0v) is 19.3. The molecule has 7 nitrogen and oxygen atoms in total. The summed E-state index contributed by atoms with van der Waals surface area (Å²) >= 11 is 7.90. The van der Waals surface area contributed by atoms with Gasteiger partial charge in [0.15, 0.2) is 22.2 Å². The third-order valence-electron chi connectivity index (χ3n) is 5.52. The Labute approximate surface area is 194 Å². The van der Waals surface area contributed by atoms with Gasteiger partial charge in [0.25, 0.3) is 5.91 Å². The Bertz CT molecular complexity index is 1290. The summed E-state index contributed by atoms with van der Waals surface area (Å²) in [4.78, 5) is 21.8. The lowest BCUT2D eigenvalue weighted by atomic mass is 10.2. The second kappa shape index (κ2) is 8.52. The van der Waals surface area contributed by atoms with Crippen molar-refractivity contribution in [2.24, 2.45) is 0 Å². The van der Waals surface area contributed by atoms with Gasteiger partial charge in [0, 0.05) is 31.6 Å². The highest BCUT2D eigenvalue weighted by Crippen LogP contribution is 2.39. The van der Waals surface area contributed by atoms with Gasteiger partial charge in [-0.25, -0.2) is 4.98 Å². The highest BCUT2D eigenvalue weighted by Gasteiger charge is 2.27. The molecular formula is C23H22ClN3O4S. The number of hydrogen-bond acceptors (Lipinski definition) is 7. The summed E-state index contributed by atoms with van der Waals surface area (Å²) in [5.41, 5.74) is 1.38. The summed E-state index contributed by atoms with van der Waals surface area (Å²) in [6.07, 6.45) is 0. The number of amides is 1. The van der Waals surface area contributed by atoms with Crippen molar-refractivity contribution in [1.29, 1.82) is 0 Å². The van der Waals surface area contributed by atoms with E-state index in [1.165, 1.54) is 0 Å². The van der Waals surface area contributed by atoms with Crippen molar-refractivity contribution >= 4 is 55.2 Å². The normalized spacial score (nSPS) is 14.3. The highest BCUT2D eigenvalue weighted by atomic mass is 35.5. The van der Waals surface area contributed by atoms with Crippen LogP contribution in [0.4, 0.5) is 5.13 Å². The second-order valence-electron chi connectivity index (χ2n) is 7.42. The molecule has 0 spiro atoms. The zero-order chi connectivity index (χ0) is 22.2. The number of rotatable bonds is 5. The van der Waals surface area contributed by atoms with Gasteiger partial charge < -0.3 is 23.7 Å². The second-order valence-corrected chi connectivity index (χ2v) is 8.81. The average Bonchev–Trinajstić information content (AvgIpc) is 3.45. The van der Waals surface area contributed by atoms with E-state index >= 15 is 0 Å². The van der Waals surface area contributed by atoms with E-state index in [4.69, 9.17) is 30.5 Å². The summed E-state index contributed by atoms with van der Waals surface area (Å²) in [6, 6.07) is 11.1. The molecule has 32 heavy (non-hydrogen) atoms. The minimum absolute atomic E-state index is 0.114. The molecule has 1 fully saturated rings. The number of halogens is 1. The molecule has 1 saturated heterocycles. The Morgan fingerprint density at radius 3 is 2.75 bits per heavy atom. The molecule has 0 aliphatic carbocycles. The molecule has 0 bridgehead atoms. The SMILES string of the molecule is CCOc1cccc2cc(C(=O)N3CCN(c4nc5c(OC)ccc(Cl)c5s4)CC3)oc12. The summed E-state index contributed by atoms with van der Waals surface area (Å²) < 4.78 is 17.8. The minimum atomic E-state index is -0.114. The van der Waals surface area contributed by atoms with Crippen LogP contribution in [-0.2, 0) is 0 Å². The first kappa shape index (κ1) is 20.9. The maximum absolute atomic E-state index is 13.1. The predicted octanol–water partition coefficient (Wildman–Crippen LogP) is 5.07. The van der Waals surface area contributed by atoms with E-state index in [0.717, 1.165) is 20.7 Å². The maximum Gasteiger partial charge on any atom is 0.289 e. The van der Waals surface area contributed by atoms with E-state index in [1.807, 2.05) is 42.2 Å². The molecule has 1 aliphatic rings. The van der Waals surface area contributed by atoms with Gasteiger partial charge in [0.2, 0.25) is 0 Å². The number of carbonyl (C=O) groups excluding carboxylic acids is 1. The Kier molecular flexibility index (Phi) is 5.57. The molecule has 0 radical (unpaired) electrons. The highest BCUT2D eigenvalue weighted by molar-refractivity contribution is 7.22. The van der Waals surface area contributed by atoms with E-state index in [1.54, 1.807) is 24.5 Å². The lowest BCUT2D eigenvalue weighted by Gasteiger charge is -2.34. The standard InChI is InChI=1S/C23H22ClN3O4S/c1-3-30-17-6-4-5-14-13-18(31-20(14)17)22(28)26-9-11-27(12-10-26)23-25-19-16(29-2)8-7-15(24)21(19)32-23/h4-8,13H,3,9-12H2,1-2H3. The maximum atomic E-state index is 13.1. The number of nitrogens with zero attached hydrogens (tertiary/aromatic N) is 3. The van der Waals surface area contributed by atoms with Gasteiger partial charge in [0.05, 0.1) is 23.4 Å². The van der Waals surface area contributed by atoms with Crippen LogP contribution in [0.3, 0.4) is 0 Å². The smallest absolute Gasteiger partial charge is 0.289 e. The van der Waals surface area contributed by atoms with E-state index in [-0.39, 0.29) is 5.91 Å². The molecular weight excluding hydrogens is 450 g/mol. The van der Waals surface area contributed by atoms with E-state index in [2.05, 4.69) is 4.90 Å². The van der Waals surface area contributed by atoms with Gasteiger partial charge in [-0.1, -0.05) is 35.1 Å². The molecule has 2 aromatic carbocycles. The zero-order valence-electron chi connectivity index (χ0n) is 17.8. The van der Waals surface area contributed by atoms with Crippen molar-refractivity contribution in [1.82, 2.24) is 9.88 Å². The molecule has 1 amide bonds. The number of thiazole rings is 1.